The first-order valence-electron chi connectivity index (χ1n) is 7.77. The molecule has 136 valence electrons. The largest absolute Gasteiger partial charge is 2.00 e. The van der Waals surface area contributed by atoms with Crippen LogP contribution < -0.4 is 0 Å². The van der Waals surface area contributed by atoms with Gasteiger partial charge < -0.3 is 0 Å². The molecule has 0 amide bonds. The third kappa shape index (κ3) is 7.54. The Morgan fingerprint density at radius 1 is 0.680 bits per heavy atom. The van der Waals surface area contributed by atoms with Crippen LogP contribution in [-0.4, -0.2) is 21.9 Å². The molecule has 2 fully saturated rings. The average Bonchev–Trinajstić information content (AvgIpc) is 2.85. The van der Waals surface area contributed by atoms with Crippen LogP contribution >= 0.6 is 0 Å². The molecule has 0 spiro atoms. The van der Waals surface area contributed by atoms with Crippen LogP contribution in [-0.2, 0) is 35.8 Å². The summed E-state index contributed by atoms with van der Waals surface area (Å²) in [5, 5.41) is 0. The summed E-state index contributed by atoms with van der Waals surface area (Å²) in [5.74, 6) is 3.44. The monoisotopic (exact) mass is 418 g/mol. The van der Waals surface area contributed by atoms with Crippen LogP contribution in [0.1, 0.15) is 25.7 Å². The average molecular weight is 418 g/mol. The molecule has 0 saturated heterocycles. The molecule has 4 radical (unpaired) electrons. The van der Waals surface area contributed by atoms with Gasteiger partial charge in [-0.1, -0.05) is 52.1 Å². The van der Waals surface area contributed by atoms with Gasteiger partial charge in [-0.2, -0.15) is 0 Å². The van der Waals surface area contributed by atoms with E-state index in [0.29, 0.717) is 5.78 Å². The number of fused-ring (bicyclic) bond motifs is 1. The van der Waals surface area contributed by atoms with E-state index in [0.717, 1.165) is 12.8 Å². The fourth-order valence-corrected chi connectivity index (χ4v) is 7.54. The van der Waals surface area contributed by atoms with E-state index < -0.39 is 16.1 Å². The minimum atomic E-state index is -1.51. The van der Waals surface area contributed by atoms with Crippen LogP contribution in [0.3, 0.4) is 0 Å². The van der Waals surface area contributed by atoms with E-state index in [2.05, 4.69) is 59.2 Å². The number of Topliss-reactive ketones (excluding diaryl/α,β-unsaturated/α-hetero) is 1. The summed E-state index contributed by atoms with van der Waals surface area (Å²) in [6, 6.07) is 0. The second-order valence-corrected chi connectivity index (χ2v) is 17.7. The van der Waals surface area contributed by atoms with E-state index in [1.807, 2.05) is 0 Å². The summed E-state index contributed by atoms with van der Waals surface area (Å²) in [6.45, 7) is 27.5. The standard InChI is InChI=1S/C15H26OSi2.3CO.Fe/c1-17(2,3)14-11-9-7-8-10-12(11)15(13(14)16)18(4,5)6;3*1-2;/h7-10H2,1-6H3;;;;/q;;;;+2. The number of rotatable bonds is 2. The van der Waals surface area contributed by atoms with E-state index in [1.54, 1.807) is 0 Å². The molecule has 0 aromatic rings. The fraction of sp³-hybridized carbons (Fsp3) is 0.556. The maximum atomic E-state index is 12.9. The van der Waals surface area contributed by atoms with Gasteiger partial charge in [0, 0.05) is 11.1 Å². The van der Waals surface area contributed by atoms with Gasteiger partial charge in [0.2, 0.25) is 0 Å². The molecular weight excluding hydrogens is 392 g/mol. The normalized spacial score (nSPS) is 18.8. The van der Waals surface area contributed by atoms with Crippen molar-refractivity contribution >= 4 is 21.9 Å². The van der Waals surface area contributed by atoms with Crippen molar-refractivity contribution in [1.82, 2.24) is 0 Å². The van der Waals surface area contributed by atoms with Crippen LogP contribution in [0.15, 0.2) is 0 Å². The maximum Gasteiger partial charge on any atom is 2.00 e. The van der Waals surface area contributed by atoms with Crippen LogP contribution in [0.5, 0.6) is 0 Å². The van der Waals surface area contributed by atoms with E-state index in [1.165, 1.54) is 35.8 Å². The molecule has 0 N–H and O–H groups in total. The fourth-order valence-electron chi connectivity index (χ4n) is 3.44. The van der Waals surface area contributed by atoms with E-state index in [9.17, 15) is 4.79 Å². The molecule has 2 aliphatic rings. The van der Waals surface area contributed by atoms with Gasteiger partial charge in [-0.25, -0.2) is 0 Å². The molecule has 25 heavy (non-hydrogen) atoms. The number of carbonyl (C=O) groups is 1. The predicted molar refractivity (Wildman–Crippen MR) is 94.9 cm³/mol. The van der Waals surface area contributed by atoms with Crippen molar-refractivity contribution in [3.8, 4) is 0 Å². The third-order valence-corrected chi connectivity index (χ3v) is 8.08. The topological polar surface area (TPSA) is 76.8 Å². The number of carbonyl (C=O) groups excluding carboxylic acids is 1. The summed E-state index contributed by atoms with van der Waals surface area (Å²) < 4.78 is 22.5. The molecule has 0 aromatic heterocycles. The zero-order chi connectivity index (χ0) is 19.7. The zero-order valence-electron chi connectivity index (χ0n) is 15.8. The molecule has 0 aromatic carbocycles. The van der Waals surface area contributed by atoms with Crippen LogP contribution in [0, 0.1) is 42.9 Å². The van der Waals surface area contributed by atoms with Crippen molar-refractivity contribution in [3.63, 3.8) is 0 Å². The van der Waals surface area contributed by atoms with Gasteiger partial charge in [0.05, 0.1) is 16.1 Å². The molecule has 7 heteroatoms. The Morgan fingerprint density at radius 2 is 0.920 bits per heavy atom. The van der Waals surface area contributed by atoms with Crippen LogP contribution in [0.25, 0.3) is 0 Å². The van der Waals surface area contributed by atoms with Crippen molar-refractivity contribution in [3.05, 3.63) is 42.9 Å². The molecule has 0 bridgehead atoms. The predicted octanol–water partition coefficient (Wildman–Crippen LogP) is 4.08. The quantitative estimate of drug-likeness (QED) is 0.378. The number of ketones is 1. The minimum Gasteiger partial charge on any atom is 2.00 e. The number of hydrogen-bond donors (Lipinski definition) is 0. The molecule has 2 aliphatic carbocycles. The third-order valence-electron chi connectivity index (χ3n) is 4.03. The van der Waals surface area contributed by atoms with Crippen LogP contribution in [0.2, 0.25) is 39.3 Å². The molecule has 0 heterocycles. The van der Waals surface area contributed by atoms with Gasteiger partial charge in [-0.3, -0.25) is 4.79 Å². The molecular formula is C18H26FeO4Si2+2. The van der Waals surface area contributed by atoms with E-state index >= 15 is 0 Å². The molecule has 2 saturated carbocycles. The van der Waals surface area contributed by atoms with E-state index in [-0.39, 0.29) is 17.1 Å². The summed E-state index contributed by atoms with van der Waals surface area (Å²) in [7, 11) is -3.01. The van der Waals surface area contributed by atoms with Crippen molar-refractivity contribution in [2.45, 2.75) is 65.0 Å². The van der Waals surface area contributed by atoms with Crippen LogP contribution in [0.4, 0.5) is 0 Å². The smallest absolute Gasteiger partial charge is 2.00 e. The second-order valence-electron chi connectivity index (χ2n) is 7.74. The molecule has 0 atom stereocenters. The van der Waals surface area contributed by atoms with Gasteiger partial charge in [0.15, 0.2) is 0 Å². The Balaban J connectivity index is -0.000000626. The summed E-state index contributed by atoms with van der Waals surface area (Å²) in [4.78, 5) is 12.9. The van der Waals surface area contributed by atoms with E-state index in [4.69, 9.17) is 14.0 Å². The van der Waals surface area contributed by atoms with Gasteiger partial charge in [-0.15, -0.1) is 0 Å². The Bertz CT molecular complexity index is 414. The summed E-state index contributed by atoms with van der Waals surface area (Å²) in [6.07, 6.45) is 4.88. The first-order valence-corrected chi connectivity index (χ1v) is 14.8. The Hall–Kier alpha value is -0.157. The molecule has 2 rings (SSSR count). The van der Waals surface area contributed by atoms with Crippen molar-refractivity contribution in [2.75, 3.05) is 0 Å². The zero-order valence-corrected chi connectivity index (χ0v) is 18.9. The Morgan fingerprint density at radius 3 is 1.12 bits per heavy atom. The molecule has 0 unspecified atom stereocenters. The minimum absolute atomic E-state index is 0. The maximum absolute atomic E-state index is 12.9. The molecule has 4 nitrogen and oxygen atoms in total. The second kappa shape index (κ2) is 13.1. The first kappa shape index (κ1) is 29.6. The number of hydrogen-bond acceptors (Lipinski definition) is 1. The SMILES string of the molecule is C[Si](C)(C)[C]1[C]2CCCC[C]2[C]([Si](C)(C)C)C1=O.[C-]#[O+].[C-]#[O+].[C-]#[O+].[Fe+2]. The van der Waals surface area contributed by atoms with Crippen molar-refractivity contribution in [2.24, 2.45) is 0 Å². The van der Waals surface area contributed by atoms with Crippen molar-refractivity contribution in [1.29, 1.82) is 0 Å². The summed E-state index contributed by atoms with van der Waals surface area (Å²) >= 11 is 0. The molecule has 0 aliphatic heterocycles. The first-order chi connectivity index (χ1) is 11.1. The Kier molecular flexibility index (Phi) is 15.5. The van der Waals surface area contributed by atoms with Gasteiger partial charge in [0.1, 0.15) is 5.78 Å². The van der Waals surface area contributed by atoms with Gasteiger partial charge >= 0.3 is 51.0 Å². The van der Waals surface area contributed by atoms with Gasteiger partial charge in [-0.05, 0) is 24.7 Å². The van der Waals surface area contributed by atoms with Crippen molar-refractivity contribution < 1.29 is 35.8 Å². The van der Waals surface area contributed by atoms with Gasteiger partial charge in [0.25, 0.3) is 0 Å². The summed E-state index contributed by atoms with van der Waals surface area (Å²) in [5.41, 5.74) is 2.55. The Labute approximate surface area is 165 Å².